The molecule has 0 aromatic heterocycles. The van der Waals surface area contributed by atoms with Crippen molar-refractivity contribution in [3.63, 3.8) is 0 Å². The third-order valence-corrected chi connectivity index (χ3v) is 2.81. The number of hydrogen-bond acceptors (Lipinski definition) is 4. The molecule has 0 saturated heterocycles. The van der Waals surface area contributed by atoms with Crippen molar-refractivity contribution in [2.24, 2.45) is 5.73 Å². The molecule has 0 aromatic carbocycles. The Morgan fingerprint density at radius 3 is 2.47 bits per heavy atom. The van der Waals surface area contributed by atoms with Crippen LogP contribution in [0.1, 0.15) is 38.5 Å². The highest BCUT2D eigenvalue weighted by atomic mass is 35.5. The van der Waals surface area contributed by atoms with Gasteiger partial charge in [0, 0.05) is 13.0 Å². The van der Waals surface area contributed by atoms with E-state index in [1.165, 1.54) is 7.11 Å². The predicted octanol–water partition coefficient (Wildman–Crippen LogP) is 0.749. The molecule has 0 radical (unpaired) electrons. The molecule has 100 valence electrons. The second kappa shape index (κ2) is 7.50. The van der Waals surface area contributed by atoms with E-state index < -0.39 is 5.54 Å². The Bertz CT molecular complexity index is 267. The molecule has 0 spiro atoms. The molecule has 0 bridgehead atoms. The van der Waals surface area contributed by atoms with E-state index in [-0.39, 0.29) is 24.3 Å². The molecule has 0 atom stereocenters. The minimum absolute atomic E-state index is 0. The molecule has 0 aromatic rings. The average molecular weight is 265 g/mol. The number of hydrogen-bond donors (Lipinski definition) is 2. The predicted molar refractivity (Wildman–Crippen MR) is 66.9 cm³/mol. The number of nitrogens with two attached hydrogens (primary N) is 1. The largest absolute Gasteiger partial charge is 0.469 e. The third-order valence-electron chi connectivity index (χ3n) is 2.81. The molecule has 1 fully saturated rings. The van der Waals surface area contributed by atoms with E-state index in [0.29, 0.717) is 13.0 Å². The van der Waals surface area contributed by atoms with Gasteiger partial charge in [-0.1, -0.05) is 6.42 Å². The number of methoxy groups -OCH3 is 1. The van der Waals surface area contributed by atoms with Crippen molar-refractivity contribution in [2.75, 3.05) is 13.7 Å². The minimum Gasteiger partial charge on any atom is -0.469 e. The number of unbranched alkanes of at least 4 members (excludes halogenated alkanes) is 2. The van der Waals surface area contributed by atoms with Crippen LogP contribution in [0.4, 0.5) is 0 Å². The Labute approximate surface area is 108 Å². The molecule has 1 saturated carbocycles. The van der Waals surface area contributed by atoms with Gasteiger partial charge < -0.3 is 15.8 Å². The first-order valence-electron chi connectivity index (χ1n) is 5.72. The summed E-state index contributed by atoms with van der Waals surface area (Å²) in [5.41, 5.74) is 5.14. The van der Waals surface area contributed by atoms with Crippen molar-refractivity contribution in [1.82, 2.24) is 5.32 Å². The van der Waals surface area contributed by atoms with Gasteiger partial charge in [0.25, 0.3) is 0 Å². The van der Waals surface area contributed by atoms with Crippen molar-refractivity contribution >= 4 is 24.3 Å². The van der Waals surface area contributed by atoms with Crippen LogP contribution in [-0.4, -0.2) is 31.1 Å². The van der Waals surface area contributed by atoms with E-state index in [1.54, 1.807) is 0 Å². The van der Waals surface area contributed by atoms with Crippen molar-refractivity contribution in [1.29, 1.82) is 0 Å². The molecule has 1 aliphatic carbocycles. The maximum absolute atomic E-state index is 11.4. The van der Waals surface area contributed by atoms with Crippen molar-refractivity contribution < 1.29 is 14.3 Å². The first kappa shape index (κ1) is 16.2. The monoisotopic (exact) mass is 264 g/mol. The van der Waals surface area contributed by atoms with Gasteiger partial charge in [-0.3, -0.25) is 9.59 Å². The Balaban J connectivity index is 0.00000256. The third kappa shape index (κ3) is 5.89. The molecule has 17 heavy (non-hydrogen) atoms. The standard InChI is InChI=1S/C11H20N2O3.ClH/c1-16-9(14)5-3-2-4-8-13-10(15)11(12)6-7-11;/h2-8,12H2,1H3,(H,13,15);1H. The van der Waals surface area contributed by atoms with Crippen molar-refractivity contribution in [2.45, 2.75) is 44.1 Å². The highest BCUT2D eigenvalue weighted by Gasteiger charge is 2.45. The second-order valence-corrected chi connectivity index (χ2v) is 4.30. The number of esters is 1. The highest BCUT2D eigenvalue weighted by molar-refractivity contribution is 5.88. The zero-order valence-corrected chi connectivity index (χ0v) is 11.0. The van der Waals surface area contributed by atoms with E-state index in [9.17, 15) is 9.59 Å². The lowest BCUT2D eigenvalue weighted by Crippen LogP contribution is -2.42. The van der Waals surface area contributed by atoms with Gasteiger partial charge in [0.2, 0.25) is 5.91 Å². The molecule has 1 aliphatic rings. The summed E-state index contributed by atoms with van der Waals surface area (Å²) >= 11 is 0. The molecule has 3 N–H and O–H groups in total. The highest BCUT2D eigenvalue weighted by Crippen LogP contribution is 2.31. The molecular weight excluding hydrogens is 244 g/mol. The Kier molecular flexibility index (Phi) is 7.15. The van der Waals surface area contributed by atoms with E-state index in [2.05, 4.69) is 10.1 Å². The normalized spacial score (nSPS) is 15.6. The number of ether oxygens (including phenoxy) is 1. The number of carbonyl (C=O) groups is 2. The van der Waals surface area contributed by atoms with Gasteiger partial charge >= 0.3 is 5.97 Å². The van der Waals surface area contributed by atoms with E-state index in [0.717, 1.165) is 32.1 Å². The van der Waals surface area contributed by atoms with Gasteiger partial charge in [0.1, 0.15) is 0 Å². The van der Waals surface area contributed by atoms with Crippen LogP contribution in [0.5, 0.6) is 0 Å². The van der Waals surface area contributed by atoms with E-state index in [1.807, 2.05) is 0 Å². The first-order chi connectivity index (χ1) is 7.58. The molecule has 1 amide bonds. The Morgan fingerprint density at radius 2 is 1.94 bits per heavy atom. The number of nitrogens with one attached hydrogen (secondary N) is 1. The van der Waals surface area contributed by atoms with Gasteiger partial charge in [0.05, 0.1) is 12.6 Å². The SMILES string of the molecule is COC(=O)CCCCCNC(=O)C1(N)CC1.Cl. The summed E-state index contributed by atoms with van der Waals surface area (Å²) < 4.78 is 4.52. The summed E-state index contributed by atoms with van der Waals surface area (Å²) in [5, 5.41) is 2.81. The van der Waals surface area contributed by atoms with Gasteiger partial charge in [-0.25, -0.2) is 0 Å². The molecule has 0 unspecified atom stereocenters. The second-order valence-electron chi connectivity index (χ2n) is 4.30. The van der Waals surface area contributed by atoms with Gasteiger partial charge in [-0.05, 0) is 25.7 Å². The summed E-state index contributed by atoms with van der Waals surface area (Å²) in [6.45, 7) is 0.638. The molecule has 6 heteroatoms. The van der Waals surface area contributed by atoms with E-state index >= 15 is 0 Å². The Morgan fingerprint density at radius 1 is 1.29 bits per heavy atom. The summed E-state index contributed by atoms with van der Waals surface area (Å²) in [5.74, 6) is -0.219. The van der Waals surface area contributed by atoms with Crippen molar-refractivity contribution in [3.05, 3.63) is 0 Å². The lowest BCUT2D eigenvalue weighted by atomic mass is 10.2. The van der Waals surface area contributed by atoms with Crippen LogP contribution in [0.25, 0.3) is 0 Å². The van der Waals surface area contributed by atoms with Crippen LogP contribution in [0.2, 0.25) is 0 Å². The molecule has 0 aliphatic heterocycles. The summed E-state index contributed by atoms with van der Waals surface area (Å²) in [6, 6.07) is 0. The van der Waals surface area contributed by atoms with Crippen LogP contribution >= 0.6 is 12.4 Å². The van der Waals surface area contributed by atoms with Crippen LogP contribution in [0, 0.1) is 0 Å². The lowest BCUT2D eigenvalue weighted by Gasteiger charge is -2.09. The smallest absolute Gasteiger partial charge is 0.305 e. The van der Waals surface area contributed by atoms with Gasteiger partial charge in [-0.15, -0.1) is 12.4 Å². The fourth-order valence-corrected chi connectivity index (χ4v) is 1.41. The van der Waals surface area contributed by atoms with Crippen LogP contribution in [0.15, 0.2) is 0 Å². The zero-order chi connectivity index (χ0) is 12.0. The number of amides is 1. The van der Waals surface area contributed by atoms with Crippen LogP contribution < -0.4 is 11.1 Å². The van der Waals surface area contributed by atoms with Crippen molar-refractivity contribution in [3.8, 4) is 0 Å². The molecule has 5 nitrogen and oxygen atoms in total. The number of rotatable bonds is 7. The first-order valence-corrected chi connectivity index (χ1v) is 5.72. The molecular formula is C11H21ClN2O3. The fraction of sp³-hybridized carbons (Fsp3) is 0.818. The van der Waals surface area contributed by atoms with Gasteiger partial charge in [0.15, 0.2) is 0 Å². The summed E-state index contributed by atoms with van der Waals surface area (Å²) in [4.78, 5) is 22.2. The van der Waals surface area contributed by atoms with Crippen LogP contribution in [-0.2, 0) is 14.3 Å². The topological polar surface area (TPSA) is 81.4 Å². The van der Waals surface area contributed by atoms with E-state index in [4.69, 9.17) is 5.73 Å². The average Bonchev–Trinajstić information content (AvgIpc) is 3.02. The summed E-state index contributed by atoms with van der Waals surface area (Å²) in [6.07, 6.45) is 4.62. The lowest BCUT2D eigenvalue weighted by molar-refractivity contribution is -0.140. The Hall–Kier alpha value is -0.810. The zero-order valence-electron chi connectivity index (χ0n) is 10.2. The summed E-state index contributed by atoms with van der Waals surface area (Å²) in [7, 11) is 1.39. The molecule has 0 heterocycles. The molecule has 1 rings (SSSR count). The number of halogens is 1. The quantitative estimate of drug-likeness (QED) is 0.525. The maximum Gasteiger partial charge on any atom is 0.305 e. The minimum atomic E-state index is -0.577. The maximum atomic E-state index is 11.4. The van der Waals surface area contributed by atoms with Crippen LogP contribution in [0.3, 0.4) is 0 Å². The van der Waals surface area contributed by atoms with Gasteiger partial charge in [-0.2, -0.15) is 0 Å². The number of carbonyl (C=O) groups excluding carboxylic acids is 2. The fourth-order valence-electron chi connectivity index (χ4n) is 1.41.